The number of furan rings is 1. The Morgan fingerprint density at radius 3 is 1.97 bits per heavy atom. The summed E-state index contributed by atoms with van der Waals surface area (Å²) >= 11 is 0. The van der Waals surface area contributed by atoms with Gasteiger partial charge in [-0.3, -0.25) is 0 Å². The predicted octanol–water partition coefficient (Wildman–Crippen LogP) is 7.17. The van der Waals surface area contributed by atoms with Gasteiger partial charge >= 0.3 is 0 Å². The minimum absolute atomic E-state index is 0.510. The topological polar surface area (TPSA) is 31.0 Å². The highest BCUT2D eigenvalue weighted by molar-refractivity contribution is 7.72. The Bertz CT molecular complexity index is 1500. The molecule has 0 aliphatic rings. The largest absolute Gasteiger partial charge is 0.461 e. The molecule has 2 aromatic heterocycles. The number of fused-ring (bicyclic) bond motifs is 1. The molecule has 0 unspecified atom stereocenters. The molecule has 0 saturated carbocycles. The first-order chi connectivity index (χ1) is 17.8. The Morgan fingerprint density at radius 2 is 1.33 bits per heavy atom. The second kappa shape index (κ2) is 10.4. The molecule has 0 aliphatic carbocycles. The van der Waals surface area contributed by atoms with E-state index in [2.05, 4.69) is 114 Å². The number of nitrogens with zero attached hydrogens (tertiary/aromatic N) is 2. The van der Waals surface area contributed by atoms with Crippen LogP contribution in [0.5, 0.6) is 0 Å². The number of imidazole rings is 1. The van der Waals surface area contributed by atoms with Gasteiger partial charge in [-0.1, -0.05) is 97.1 Å². The maximum absolute atomic E-state index is 5.77. The van der Waals surface area contributed by atoms with E-state index in [0.717, 1.165) is 41.7 Å². The summed E-state index contributed by atoms with van der Waals surface area (Å²) in [4.78, 5) is 5.06. The van der Waals surface area contributed by atoms with Gasteiger partial charge in [0.15, 0.2) is 11.6 Å². The second-order valence-corrected chi connectivity index (χ2v) is 11.1. The van der Waals surface area contributed by atoms with Crippen LogP contribution in [0.25, 0.3) is 22.6 Å². The number of rotatable bonds is 8. The SMILES string of the molecule is c1ccc(CCn2c(-c3ccco3)nc3cc(CP(c4ccccc4)c4ccccc4)ccc32)cc1. The minimum Gasteiger partial charge on any atom is -0.461 e. The van der Waals surface area contributed by atoms with Gasteiger partial charge in [0.2, 0.25) is 0 Å². The summed E-state index contributed by atoms with van der Waals surface area (Å²) in [7, 11) is -0.510. The van der Waals surface area contributed by atoms with Crippen LogP contribution in [0.4, 0.5) is 0 Å². The third kappa shape index (κ3) is 4.76. The second-order valence-electron chi connectivity index (χ2n) is 8.88. The van der Waals surface area contributed by atoms with Gasteiger partial charge in [-0.25, -0.2) is 4.98 Å². The molecule has 0 N–H and O–H groups in total. The smallest absolute Gasteiger partial charge is 0.177 e. The fourth-order valence-corrected chi connectivity index (χ4v) is 7.00. The predicted molar refractivity (Wildman–Crippen MR) is 150 cm³/mol. The number of aryl methyl sites for hydroxylation is 2. The van der Waals surface area contributed by atoms with Crippen LogP contribution in [-0.4, -0.2) is 9.55 Å². The van der Waals surface area contributed by atoms with Crippen molar-refractivity contribution in [2.45, 2.75) is 19.1 Å². The van der Waals surface area contributed by atoms with Crippen molar-refractivity contribution in [2.75, 3.05) is 0 Å². The molecule has 36 heavy (non-hydrogen) atoms. The van der Waals surface area contributed by atoms with E-state index in [1.165, 1.54) is 21.7 Å². The minimum atomic E-state index is -0.510. The van der Waals surface area contributed by atoms with Gasteiger partial charge < -0.3 is 8.98 Å². The monoisotopic (exact) mass is 486 g/mol. The summed E-state index contributed by atoms with van der Waals surface area (Å²) in [5.74, 6) is 1.69. The van der Waals surface area contributed by atoms with E-state index in [1.54, 1.807) is 6.26 Å². The first kappa shape index (κ1) is 22.5. The molecule has 0 aliphatic heterocycles. The van der Waals surface area contributed by atoms with Crippen LogP contribution in [0.1, 0.15) is 11.1 Å². The van der Waals surface area contributed by atoms with E-state index in [9.17, 15) is 0 Å². The van der Waals surface area contributed by atoms with Gasteiger partial charge in [-0.2, -0.15) is 0 Å². The Balaban J connectivity index is 1.37. The van der Waals surface area contributed by atoms with Crippen LogP contribution in [0, 0.1) is 0 Å². The Kier molecular flexibility index (Phi) is 6.48. The zero-order valence-electron chi connectivity index (χ0n) is 20.0. The molecule has 6 rings (SSSR count). The van der Waals surface area contributed by atoms with Crippen molar-refractivity contribution in [1.29, 1.82) is 0 Å². The van der Waals surface area contributed by atoms with Gasteiger partial charge in [0, 0.05) is 12.7 Å². The summed E-state index contributed by atoms with van der Waals surface area (Å²) < 4.78 is 8.07. The van der Waals surface area contributed by atoms with E-state index < -0.39 is 7.92 Å². The van der Waals surface area contributed by atoms with E-state index in [0.29, 0.717) is 0 Å². The quantitative estimate of drug-likeness (QED) is 0.214. The van der Waals surface area contributed by atoms with E-state index >= 15 is 0 Å². The van der Waals surface area contributed by atoms with Gasteiger partial charge in [0.05, 0.1) is 17.3 Å². The van der Waals surface area contributed by atoms with Crippen molar-refractivity contribution in [2.24, 2.45) is 0 Å². The lowest BCUT2D eigenvalue weighted by Gasteiger charge is -2.19. The standard InChI is InChI=1S/C32H27N2OP/c1-4-11-25(12-5-1)20-21-34-30-19-18-26(23-29(30)33-32(34)31-17-10-22-35-31)24-36(27-13-6-2-7-14-27)28-15-8-3-9-16-28/h1-19,22-23H,20-21,24H2. The van der Waals surface area contributed by atoms with E-state index in [1.807, 2.05) is 12.1 Å². The Hall–Kier alpha value is -3.94. The maximum Gasteiger partial charge on any atom is 0.177 e. The molecule has 4 heteroatoms. The van der Waals surface area contributed by atoms with Crippen molar-refractivity contribution < 1.29 is 4.42 Å². The van der Waals surface area contributed by atoms with Crippen LogP contribution < -0.4 is 10.6 Å². The average molecular weight is 487 g/mol. The molecule has 0 saturated heterocycles. The summed E-state index contributed by atoms with van der Waals surface area (Å²) in [6, 6.07) is 43.1. The van der Waals surface area contributed by atoms with Crippen LogP contribution >= 0.6 is 7.92 Å². The molecular weight excluding hydrogens is 459 g/mol. The molecule has 0 fully saturated rings. The van der Waals surface area contributed by atoms with Gasteiger partial charge in [-0.05, 0) is 60.3 Å². The molecule has 0 bridgehead atoms. The number of benzene rings is 4. The highest BCUT2D eigenvalue weighted by Crippen LogP contribution is 2.38. The van der Waals surface area contributed by atoms with E-state index in [-0.39, 0.29) is 0 Å². The zero-order chi connectivity index (χ0) is 24.2. The molecule has 3 nitrogen and oxygen atoms in total. The third-order valence-corrected chi connectivity index (χ3v) is 9.02. The van der Waals surface area contributed by atoms with Crippen LogP contribution in [0.3, 0.4) is 0 Å². The Morgan fingerprint density at radius 1 is 0.667 bits per heavy atom. The first-order valence-corrected chi connectivity index (χ1v) is 13.8. The average Bonchev–Trinajstić information content (AvgIpc) is 3.60. The Labute approximate surface area is 212 Å². The summed E-state index contributed by atoms with van der Waals surface area (Å²) in [6.45, 7) is 0.844. The lowest BCUT2D eigenvalue weighted by Crippen LogP contribution is -2.12. The van der Waals surface area contributed by atoms with Crippen LogP contribution in [-0.2, 0) is 19.1 Å². The lowest BCUT2D eigenvalue weighted by molar-refractivity contribution is 0.569. The first-order valence-electron chi connectivity index (χ1n) is 12.3. The fourth-order valence-electron chi connectivity index (χ4n) is 4.71. The molecule has 2 heterocycles. The van der Waals surface area contributed by atoms with Gasteiger partial charge in [0.1, 0.15) is 0 Å². The highest BCUT2D eigenvalue weighted by atomic mass is 31.1. The summed E-state index contributed by atoms with van der Waals surface area (Å²) in [6.07, 6.45) is 3.63. The number of hydrogen-bond acceptors (Lipinski definition) is 2. The van der Waals surface area contributed by atoms with Crippen molar-refractivity contribution >= 4 is 29.6 Å². The van der Waals surface area contributed by atoms with Crippen LogP contribution in [0.15, 0.2) is 132 Å². The zero-order valence-corrected chi connectivity index (χ0v) is 20.9. The molecule has 0 atom stereocenters. The normalized spacial score (nSPS) is 11.4. The maximum atomic E-state index is 5.77. The molecule has 0 amide bonds. The molecule has 176 valence electrons. The highest BCUT2D eigenvalue weighted by Gasteiger charge is 2.18. The van der Waals surface area contributed by atoms with Crippen LogP contribution in [0.2, 0.25) is 0 Å². The molecule has 4 aromatic carbocycles. The van der Waals surface area contributed by atoms with Crippen molar-refractivity contribution in [1.82, 2.24) is 9.55 Å². The summed E-state index contributed by atoms with van der Waals surface area (Å²) in [5.41, 5.74) is 4.78. The van der Waals surface area contributed by atoms with Gasteiger partial charge in [0.25, 0.3) is 0 Å². The van der Waals surface area contributed by atoms with Crippen molar-refractivity contribution in [3.05, 3.63) is 139 Å². The van der Waals surface area contributed by atoms with Crippen molar-refractivity contribution in [3.63, 3.8) is 0 Å². The van der Waals surface area contributed by atoms with Gasteiger partial charge in [-0.15, -0.1) is 0 Å². The summed E-state index contributed by atoms with van der Waals surface area (Å²) in [5, 5.41) is 2.78. The lowest BCUT2D eigenvalue weighted by atomic mass is 10.1. The third-order valence-electron chi connectivity index (χ3n) is 6.50. The molecule has 0 spiro atoms. The van der Waals surface area contributed by atoms with Crippen molar-refractivity contribution in [3.8, 4) is 11.6 Å². The molecule has 0 radical (unpaired) electrons. The number of aromatic nitrogens is 2. The molecule has 6 aromatic rings. The van der Waals surface area contributed by atoms with E-state index in [4.69, 9.17) is 9.40 Å². The molecular formula is C32H27N2OP. The number of hydrogen-bond donors (Lipinski definition) is 0. The fraction of sp³-hybridized carbons (Fsp3) is 0.0938.